The highest BCUT2D eigenvalue weighted by Crippen LogP contribution is 2.29. The van der Waals surface area contributed by atoms with Gasteiger partial charge in [-0.25, -0.2) is 0 Å². The Balaban J connectivity index is 2.00. The summed E-state index contributed by atoms with van der Waals surface area (Å²) >= 11 is 0. The number of amides is 1. The summed E-state index contributed by atoms with van der Waals surface area (Å²) in [4.78, 5) is 12.1. The molecule has 1 N–H and O–H groups in total. The van der Waals surface area contributed by atoms with Crippen LogP contribution < -0.4 is 19.5 Å². The van der Waals surface area contributed by atoms with Crippen LogP contribution in [0.1, 0.15) is 5.56 Å². The molecular formula is C17H17F2NO4. The highest BCUT2D eigenvalue weighted by molar-refractivity contribution is 5.93. The molecule has 7 heteroatoms. The summed E-state index contributed by atoms with van der Waals surface area (Å²) in [5, 5.41) is 2.74. The maximum Gasteiger partial charge on any atom is 0.387 e. The van der Waals surface area contributed by atoms with Crippen molar-refractivity contribution in [3.05, 3.63) is 48.0 Å². The number of alkyl halides is 2. The van der Waals surface area contributed by atoms with Crippen LogP contribution in [0.3, 0.4) is 0 Å². The zero-order valence-corrected chi connectivity index (χ0v) is 13.2. The van der Waals surface area contributed by atoms with Gasteiger partial charge in [0.1, 0.15) is 17.2 Å². The average molecular weight is 337 g/mol. The van der Waals surface area contributed by atoms with Gasteiger partial charge in [-0.05, 0) is 29.8 Å². The van der Waals surface area contributed by atoms with Crippen LogP contribution in [-0.2, 0) is 11.2 Å². The fourth-order valence-corrected chi connectivity index (χ4v) is 2.07. The van der Waals surface area contributed by atoms with Crippen LogP contribution in [0.2, 0.25) is 0 Å². The first kappa shape index (κ1) is 17.5. The van der Waals surface area contributed by atoms with Gasteiger partial charge in [-0.3, -0.25) is 4.79 Å². The van der Waals surface area contributed by atoms with Crippen molar-refractivity contribution in [2.45, 2.75) is 13.0 Å². The standard InChI is InChI=1S/C17H17F2NO4/c1-22-13-7-8-14(15(10-13)23-2)20-16(21)9-11-3-5-12(6-4-11)24-17(18)19/h3-8,10,17H,9H2,1-2H3,(H,20,21). The Morgan fingerprint density at radius 1 is 1.04 bits per heavy atom. The molecule has 24 heavy (non-hydrogen) atoms. The Bertz CT molecular complexity index is 689. The lowest BCUT2D eigenvalue weighted by Crippen LogP contribution is -2.15. The van der Waals surface area contributed by atoms with Crippen LogP contribution in [0, 0.1) is 0 Å². The van der Waals surface area contributed by atoms with E-state index in [1.54, 1.807) is 30.3 Å². The zero-order chi connectivity index (χ0) is 17.5. The molecule has 0 fully saturated rings. The predicted octanol–water partition coefficient (Wildman–Crippen LogP) is 3.49. The van der Waals surface area contributed by atoms with Gasteiger partial charge in [0.05, 0.1) is 26.3 Å². The van der Waals surface area contributed by atoms with E-state index in [1.807, 2.05) is 0 Å². The van der Waals surface area contributed by atoms with Gasteiger partial charge < -0.3 is 19.5 Å². The van der Waals surface area contributed by atoms with Crippen LogP contribution in [0.4, 0.5) is 14.5 Å². The monoisotopic (exact) mass is 337 g/mol. The minimum absolute atomic E-state index is 0.0472. The Kier molecular flexibility index (Phi) is 5.95. The van der Waals surface area contributed by atoms with E-state index in [-0.39, 0.29) is 18.1 Å². The molecule has 0 atom stereocenters. The lowest BCUT2D eigenvalue weighted by molar-refractivity contribution is -0.115. The molecule has 2 aromatic carbocycles. The first-order chi connectivity index (χ1) is 11.5. The number of methoxy groups -OCH3 is 2. The van der Waals surface area contributed by atoms with Gasteiger partial charge in [-0.1, -0.05) is 12.1 Å². The van der Waals surface area contributed by atoms with Gasteiger partial charge in [0.2, 0.25) is 5.91 Å². The summed E-state index contributed by atoms with van der Waals surface area (Å²) < 4.78 is 38.7. The van der Waals surface area contributed by atoms with Crippen molar-refractivity contribution >= 4 is 11.6 Å². The summed E-state index contributed by atoms with van der Waals surface area (Å²) in [7, 11) is 3.03. The lowest BCUT2D eigenvalue weighted by atomic mass is 10.1. The topological polar surface area (TPSA) is 56.8 Å². The van der Waals surface area contributed by atoms with Crippen molar-refractivity contribution in [2.75, 3.05) is 19.5 Å². The second-order valence-corrected chi connectivity index (χ2v) is 4.81. The van der Waals surface area contributed by atoms with Crippen molar-refractivity contribution in [1.29, 1.82) is 0 Å². The molecular weight excluding hydrogens is 320 g/mol. The van der Waals surface area contributed by atoms with Crippen molar-refractivity contribution in [2.24, 2.45) is 0 Å². The summed E-state index contributed by atoms with van der Waals surface area (Å²) in [5.74, 6) is 0.870. The number of nitrogens with one attached hydrogen (secondary N) is 1. The van der Waals surface area contributed by atoms with Crippen molar-refractivity contribution in [1.82, 2.24) is 0 Å². The van der Waals surface area contributed by atoms with E-state index in [0.29, 0.717) is 22.7 Å². The van der Waals surface area contributed by atoms with Gasteiger partial charge in [0.15, 0.2) is 0 Å². The molecule has 1 amide bonds. The van der Waals surface area contributed by atoms with E-state index < -0.39 is 6.61 Å². The van der Waals surface area contributed by atoms with Gasteiger partial charge in [-0.2, -0.15) is 8.78 Å². The number of hydrogen-bond donors (Lipinski definition) is 1. The molecule has 2 aromatic rings. The fourth-order valence-electron chi connectivity index (χ4n) is 2.07. The highest BCUT2D eigenvalue weighted by Gasteiger charge is 2.10. The first-order valence-corrected chi connectivity index (χ1v) is 7.07. The smallest absolute Gasteiger partial charge is 0.387 e. The predicted molar refractivity (Wildman–Crippen MR) is 85.0 cm³/mol. The van der Waals surface area contributed by atoms with E-state index in [4.69, 9.17) is 9.47 Å². The lowest BCUT2D eigenvalue weighted by Gasteiger charge is -2.12. The SMILES string of the molecule is COc1ccc(NC(=O)Cc2ccc(OC(F)F)cc2)c(OC)c1. The number of carbonyl (C=O) groups excluding carboxylic acids is 1. The molecule has 0 aliphatic carbocycles. The minimum Gasteiger partial charge on any atom is -0.497 e. The number of rotatable bonds is 7. The second kappa shape index (κ2) is 8.14. The van der Waals surface area contributed by atoms with Crippen molar-refractivity contribution in [3.63, 3.8) is 0 Å². The van der Waals surface area contributed by atoms with Gasteiger partial charge in [0, 0.05) is 6.07 Å². The van der Waals surface area contributed by atoms with Crippen LogP contribution >= 0.6 is 0 Å². The molecule has 0 bridgehead atoms. The molecule has 0 aromatic heterocycles. The number of ether oxygens (including phenoxy) is 3. The Morgan fingerprint density at radius 3 is 2.29 bits per heavy atom. The van der Waals surface area contributed by atoms with E-state index >= 15 is 0 Å². The molecule has 2 rings (SSSR count). The van der Waals surface area contributed by atoms with E-state index in [9.17, 15) is 13.6 Å². The molecule has 0 saturated heterocycles. The van der Waals surface area contributed by atoms with E-state index in [0.717, 1.165) is 0 Å². The van der Waals surface area contributed by atoms with Crippen LogP contribution in [-0.4, -0.2) is 26.7 Å². The number of halogens is 2. The van der Waals surface area contributed by atoms with Crippen LogP contribution in [0.5, 0.6) is 17.2 Å². The van der Waals surface area contributed by atoms with Crippen molar-refractivity contribution < 1.29 is 27.8 Å². The molecule has 0 aliphatic rings. The summed E-state index contributed by atoms with van der Waals surface area (Å²) in [6.07, 6.45) is 0.0874. The number of benzene rings is 2. The van der Waals surface area contributed by atoms with Crippen LogP contribution in [0.15, 0.2) is 42.5 Å². The Labute approximate surface area is 138 Å². The normalized spacial score (nSPS) is 10.4. The molecule has 128 valence electrons. The maximum absolute atomic E-state index is 12.1. The number of carbonyl (C=O) groups is 1. The Hall–Kier alpha value is -2.83. The quantitative estimate of drug-likeness (QED) is 0.840. The average Bonchev–Trinajstić information content (AvgIpc) is 2.56. The first-order valence-electron chi connectivity index (χ1n) is 7.07. The van der Waals surface area contributed by atoms with Gasteiger partial charge in [-0.15, -0.1) is 0 Å². The van der Waals surface area contributed by atoms with E-state index in [1.165, 1.54) is 26.4 Å². The highest BCUT2D eigenvalue weighted by atomic mass is 19.3. The third kappa shape index (κ3) is 4.84. The number of anilines is 1. The summed E-state index contributed by atoms with van der Waals surface area (Å²) in [5.41, 5.74) is 1.18. The molecule has 0 heterocycles. The molecule has 5 nitrogen and oxygen atoms in total. The molecule has 0 aliphatic heterocycles. The second-order valence-electron chi connectivity index (χ2n) is 4.81. The Morgan fingerprint density at radius 2 is 1.71 bits per heavy atom. The molecule has 0 radical (unpaired) electrons. The molecule has 0 saturated carbocycles. The number of hydrogen-bond acceptors (Lipinski definition) is 4. The van der Waals surface area contributed by atoms with Gasteiger partial charge >= 0.3 is 6.61 Å². The molecule has 0 unspecified atom stereocenters. The minimum atomic E-state index is -2.87. The van der Waals surface area contributed by atoms with Crippen LogP contribution in [0.25, 0.3) is 0 Å². The van der Waals surface area contributed by atoms with E-state index in [2.05, 4.69) is 10.1 Å². The third-order valence-corrected chi connectivity index (χ3v) is 3.20. The third-order valence-electron chi connectivity index (χ3n) is 3.20. The summed E-state index contributed by atoms with van der Waals surface area (Å²) in [6, 6.07) is 10.9. The molecule has 0 spiro atoms. The van der Waals surface area contributed by atoms with Gasteiger partial charge in [0.25, 0.3) is 0 Å². The summed E-state index contributed by atoms with van der Waals surface area (Å²) in [6.45, 7) is -2.87. The van der Waals surface area contributed by atoms with Crippen molar-refractivity contribution in [3.8, 4) is 17.2 Å². The zero-order valence-electron chi connectivity index (χ0n) is 13.2. The fraction of sp³-hybridized carbons (Fsp3) is 0.235. The largest absolute Gasteiger partial charge is 0.497 e. The maximum atomic E-state index is 12.1.